The van der Waals surface area contributed by atoms with Crippen molar-refractivity contribution in [2.75, 3.05) is 11.9 Å². The molecule has 10 heteroatoms. The summed E-state index contributed by atoms with van der Waals surface area (Å²) in [4.78, 5) is 20.2. The molecule has 0 aliphatic heterocycles. The molecular weight excluding hydrogens is 285 g/mol. The van der Waals surface area contributed by atoms with Gasteiger partial charge in [0.1, 0.15) is 5.69 Å². The Morgan fingerprint density at radius 3 is 2.45 bits per heavy atom. The van der Waals surface area contributed by atoms with Crippen LogP contribution < -0.4 is 10.4 Å². The number of hydrogen-bond acceptors (Lipinski definition) is 6. The van der Waals surface area contributed by atoms with Crippen molar-refractivity contribution in [3.63, 3.8) is 0 Å². The van der Waals surface area contributed by atoms with E-state index in [9.17, 15) is 33.2 Å². The zero-order valence-electron chi connectivity index (χ0n) is 9.68. The number of carbonyl (C=O) groups excluding carboxylic acids is 1. The summed E-state index contributed by atoms with van der Waals surface area (Å²) in [5.74, 6) is -1.75. The maximum atomic E-state index is 12.4. The summed E-state index contributed by atoms with van der Waals surface area (Å²) in [5.41, 5.74) is -2.67. The molecule has 0 saturated carbocycles. The third kappa shape index (κ3) is 3.57. The Morgan fingerprint density at radius 1 is 1.45 bits per heavy atom. The lowest BCUT2D eigenvalue weighted by molar-refractivity contribution is -0.384. The van der Waals surface area contributed by atoms with Crippen LogP contribution in [0.4, 0.5) is 24.5 Å². The zero-order chi connectivity index (χ0) is 15.5. The van der Waals surface area contributed by atoms with Crippen LogP contribution in [-0.4, -0.2) is 28.6 Å². The number of benzene rings is 1. The molecule has 1 aromatic rings. The van der Waals surface area contributed by atoms with E-state index in [-0.39, 0.29) is 6.07 Å². The Labute approximate surface area is 109 Å². The topological polar surface area (TPSA) is 116 Å². The van der Waals surface area contributed by atoms with Crippen LogP contribution in [-0.2, 0) is 11.0 Å². The molecule has 0 fully saturated rings. The van der Waals surface area contributed by atoms with Crippen LogP contribution in [0, 0.1) is 10.1 Å². The first kappa shape index (κ1) is 15.7. The van der Waals surface area contributed by atoms with Crippen LogP contribution in [0.25, 0.3) is 0 Å². The first-order valence-electron chi connectivity index (χ1n) is 5.10. The van der Waals surface area contributed by atoms with E-state index in [1.807, 2.05) is 5.32 Å². The molecule has 0 spiro atoms. The van der Waals surface area contributed by atoms with Gasteiger partial charge in [-0.15, -0.1) is 0 Å². The first-order chi connectivity index (χ1) is 9.16. The Balaban J connectivity index is 3.21. The molecule has 0 saturated heterocycles. The second-order valence-corrected chi connectivity index (χ2v) is 3.69. The molecule has 7 nitrogen and oxygen atoms in total. The molecule has 1 aromatic carbocycles. The van der Waals surface area contributed by atoms with Gasteiger partial charge in [0.05, 0.1) is 29.1 Å². The maximum absolute atomic E-state index is 12.4. The van der Waals surface area contributed by atoms with Gasteiger partial charge in [-0.2, -0.15) is 13.2 Å². The normalized spacial score (nSPS) is 12.8. The van der Waals surface area contributed by atoms with E-state index >= 15 is 0 Å². The molecule has 20 heavy (non-hydrogen) atoms. The Kier molecular flexibility index (Phi) is 4.50. The molecule has 0 aromatic heterocycles. The number of alkyl halides is 3. The van der Waals surface area contributed by atoms with Crippen molar-refractivity contribution >= 4 is 17.3 Å². The van der Waals surface area contributed by atoms with Crippen LogP contribution in [0.15, 0.2) is 18.2 Å². The molecule has 0 aliphatic rings. The molecule has 2 N–H and O–H groups in total. The number of aliphatic hydroxyl groups excluding tert-OH is 1. The molecule has 0 unspecified atom stereocenters. The first-order valence-corrected chi connectivity index (χ1v) is 5.10. The minimum absolute atomic E-state index is 0.270. The third-order valence-corrected chi connectivity index (χ3v) is 2.32. The third-order valence-electron chi connectivity index (χ3n) is 2.32. The van der Waals surface area contributed by atoms with E-state index in [1.54, 1.807) is 0 Å². The number of nitrogens with one attached hydrogen (secondary N) is 1. The van der Waals surface area contributed by atoms with Crippen LogP contribution in [0.2, 0.25) is 0 Å². The van der Waals surface area contributed by atoms with Gasteiger partial charge in [0.15, 0.2) is 0 Å². The van der Waals surface area contributed by atoms with Crippen LogP contribution in [0.1, 0.15) is 5.56 Å². The summed E-state index contributed by atoms with van der Waals surface area (Å²) in [7, 11) is 0. The van der Waals surface area contributed by atoms with E-state index < -0.39 is 46.7 Å². The Bertz CT molecular complexity index is 532. The SMILES string of the molecule is O=C([O-])[C@@H](CO)Nc1ccc(C(F)(F)F)cc1[N+](=O)[O-]. The highest BCUT2D eigenvalue weighted by molar-refractivity contribution is 5.77. The minimum Gasteiger partial charge on any atom is -0.548 e. The molecule has 0 heterocycles. The molecule has 0 radical (unpaired) electrons. The summed E-state index contributed by atoms with van der Waals surface area (Å²) in [6.07, 6.45) is -4.77. The number of nitro groups is 1. The van der Waals surface area contributed by atoms with Gasteiger partial charge in [0.2, 0.25) is 0 Å². The van der Waals surface area contributed by atoms with E-state index in [0.717, 1.165) is 0 Å². The fraction of sp³-hybridized carbons (Fsp3) is 0.300. The number of carboxylic acid groups (broad SMARTS) is 1. The smallest absolute Gasteiger partial charge is 0.416 e. The second-order valence-electron chi connectivity index (χ2n) is 3.69. The predicted molar refractivity (Wildman–Crippen MR) is 57.6 cm³/mol. The summed E-state index contributed by atoms with van der Waals surface area (Å²) < 4.78 is 37.3. The average Bonchev–Trinajstić information content (AvgIpc) is 2.34. The lowest BCUT2D eigenvalue weighted by Gasteiger charge is -2.18. The lowest BCUT2D eigenvalue weighted by atomic mass is 10.1. The van der Waals surface area contributed by atoms with Crippen LogP contribution >= 0.6 is 0 Å². The number of carbonyl (C=O) groups is 1. The fourth-order valence-electron chi connectivity index (χ4n) is 1.35. The van der Waals surface area contributed by atoms with Crippen molar-refractivity contribution in [1.29, 1.82) is 0 Å². The van der Waals surface area contributed by atoms with Crippen LogP contribution in [0.5, 0.6) is 0 Å². The molecular formula is C10H8F3N2O5-. The molecule has 0 amide bonds. The summed E-state index contributed by atoms with van der Waals surface area (Å²) in [6.45, 7) is -0.944. The highest BCUT2D eigenvalue weighted by Crippen LogP contribution is 2.35. The minimum atomic E-state index is -4.77. The summed E-state index contributed by atoms with van der Waals surface area (Å²) >= 11 is 0. The predicted octanol–water partition coefficient (Wildman–Crippen LogP) is 0.136. The maximum Gasteiger partial charge on any atom is 0.416 e. The quantitative estimate of drug-likeness (QED) is 0.589. The number of hydrogen-bond donors (Lipinski definition) is 2. The van der Waals surface area contributed by atoms with Crippen molar-refractivity contribution in [3.05, 3.63) is 33.9 Å². The molecule has 0 aliphatic carbocycles. The number of aliphatic hydroxyl groups is 1. The average molecular weight is 293 g/mol. The van der Waals surface area contributed by atoms with Crippen molar-refractivity contribution in [2.45, 2.75) is 12.2 Å². The number of aliphatic carboxylic acids is 1. The Hall–Kier alpha value is -2.36. The van der Waals surface area contributed by atoms with E-state index in [4.69, 9.17) is 5.11 Å². The molecule has 110 valence electrons. The number of anilines is 1. The van der Waals surface area contributed by atoms with Gasteiger partial charge >= 0.3 is 6.18 Å². The number of carboxylic acids is 1. The summed E-state index contributed by atoms with van der Waals surface area (Å²) in [6, 6.07) is -0.136. The van der Waals surface area contributed by atoms with Crippen molar-refractivity contribution in [2.24, 2.45) is 0 Å². The number of rotatable bonds is 5. The van der Waals surface area contributed by atoms with Crippen molar-refractivity contribution in [3.8, 4) is 0 Å². The second kappa shape index (κ2) is 5.74. The van der Waals surface area contributed by atoms with Gasteiger partial charge in [-0.25, -0.2) is 0 Å². The monoisotopic (exact) mass is 293 g/mol. The molecule has 1 atom stereocenters. The zero-order valence-corrected chi connectivity index (χ0v) is 9.68. The molecule has 1 rings (SSSR count). The van der Waals surface area contributed by atoms with E-state index in [1.165, 1.54) is 0 Å². The summed E-state index contributed by atoms with van der Waals surface area (Å²) in [5, 5.41) is 32.0. The highest BCUT2D eigenvalue weighted by Gasteiger charge is 2.33. The van der Waals surface area contributed by atoms with Crippen molar-refractivity contribution < 1.29 is 33.1 Å². The van der Waals surface area contributed by atoms with Gasteiger partial charge in [-0.1, -0.05) is 0 Å². The van der Waals surface area contributed by atoms with Crippen LogP contribution in [0.3, 0.4) is 0 Å². The Morgan fingerprint density at radius 2 is 2.05 bits per heavy atom. The van der Waals surface area contributed by atoms with E-state index in [0.29, 0.717) is 12.1 Å². The standard InChI is InChI=1S/C10H9F3N2O5/c11-10(12,13)5-1-2-6(8(3-5)15(19)20)14-7(4-16)9(17)18/h1-3,7,14,16H,4H2,(H,17,18)/p-1/t7-/m1/s1. The largest absolute Gasteiger partial charge is 0.548 e. The van der Waals surface area contributed by atoms with Gasteiger partial charge < -0.3 is 20.3 Å². The number of nitro benzene ring substituents is 1. The number of halogens is 3. The van der Waals surface area contributed by atoms with Gasteiger partial charge in [-0.3, -0.25) is 10.1 Å². The van der Waals surface area contributed by atoms with Crippen molar-refractivity contribution in [1.82, 2.24) is 0 Å². The molecule has 0 bridgehead atoms. The fourth-order valence-corrected chi connectivity index (χ4v) is 1.35. The van der Waals surface area contributed by atoms with Gasteiger partial charge in [0, 0.05) is 6.07 Å². The lowest BCUT2D eigenvalue weighted by Crippen LogP contribution is -2.43. The van der Waals surface area contributed by atoms with Gasteiger partial charge in [0.25, 0.3) is 5.69 Å². The van der Waals surface area contributed by atoms with E-state index in [2.05, 4.69) is 0 Å². The number of nitrogens with zero attached hydrogens (tertiary/aromatic N) is 1. The van der Waals surface area contributed by atoms with Gasteiger partial charge in [-0.05, 0) is 12.1 Å². The highest BCUT2D eigenvalue weighted by atomic mass is 19.4.